The molecule has 1 rings (SSSR count). The van der Waals surface area contributed by atoms with Crippen LogP contribution in [0, 0.1) is 5.92 Å². The third kappa shape index (κ3) is 2.96. The minimum atomic E-state index is 0.669. The summed E-state index contributed by atoms with van der Waals surface area (Å²) in [6.45, 7) is 5.84. The minimum absolute atomic E-state index is 0.669. The van der Waals surface area contributed by atoms with Crippen LogP contribution < -0.4 is 10.6 Å². The van der Waals surface area contributed by atoms with Gasteiger partial charge in [0.15, 0.2) is 0 Å². The lowest BCUT2D eigenvalue weighted by atomic mass is 9.91. The van der Waals surface area contributed by atoms with Crippen LogP contribution in [0.5, 0.6) is 0 Å². The van der Waals surface area contributed by atoms with E-state index in [0.29, 0.717) is 12.1 Å². The van der Waals surface area contributed by atoms with E-state index in [0.717, 1.165) is 5.92 Å². The van der Waals surface area contributed by atoms with Crippen molar-refractivity contribution in [3.05, 3.63) is 0 Å². The van der Waals surface area contributed by atoms with Crippen molar-refractivity contribution < 1.29 is 0 Å². The van der Waals surface area contributed by atoms with Crippen LogP contribution in [0.15, 0.2) is 0 Å². The number of likely N-dealkylation sites (N-methyl/N-ethyl adjacent to an activating group) is 1. The van der Waals surface area contributed by atoms with Crippen molar-refractivity contribution in [2.24, 2.45) is 5.92 Å². The smallest absolute Gasteiger partial charge is 0.0243 e. The van der Waals surface area contributed by atoms with Crippen molar-refractivity contribution in [3.63, 3.8) is 0 Å². The van der Waals surface area contributed by atoms with Gasteiger partial charge in [-0.1, -0.05) is 20.3 Å². The average molecular weight is 184 g/mol. The van der Waals surface area contributed by atoms with Gasteiger partial charge in [-0.25, -0.2) is 0 Å². The van der Waals surface area contributed by atoms with E-state index in [1.165, 1.54) is 32.2 Å². The summed E-state index contributed by atoms with van der Waals surface area (Å²) < 4.78 is 0. The third-order valence-corrected chi connectivity index (χ3v) is 3.22. The van der Waals surface area contributed by atoms with Gasteiger partial charge in [0.25, 0.3) is 0 Å². The second-order valence-corrected chi connectivity index (χ2v) is 4.28. The van der Waals surface area contributed by atoms with Gasteiger partial charge in [-0.05, 0) is 38.8 Å². The van der Waals surface area contributed by atoms with E-state index in [1.807, 2.05) is 0 Å². The molecule has 1 aliphatic rings. The first-order chi connectivity index (χ1) is 6.29. The molecule has 0 aliphatic carbocycles. The molecule has 0 spiro atoms. The van der Waals surface area contributed by atoms with Gasteiger partial charge in [-0.15, -0.1) is 0 Å². The summed E-state index contributed by atoms with van der Waals surface area (Å²) in [5.41, 5.74) is 0. The molecule has 0 aromatic rings. The van der Waals surface area contributed by atoms with E-state index in [9.17, 15) is 0 Å². The van der Waals surface area contributed by atoms with Gasteiger partial charge in [0.1, 0.15) is 0 Å². The molecule has 78 valence electrons. The lowest BCUT2D eigenvalue weighted by molar-refractivity contribution is 0.310. The standard InChI is InChI=1S/C11H24N2/c1-4-6-10-11(12-3)9(2)7-5-8-13-10/h9-13H,4-8H2,1-3H3. The number of rotatable bonds is 3. The SMILES string of the molecule is CCCC1NCCCC(C)C1NC. The van der Waals surface area contributed by atoms with Crippen LogP contribution in [0.3, 0.4) is 0 Å². The molecule has 1 fully saturated rings. The Morgan fingerprint density at radius 1 is 1.46 bits per heavy atom. The molecular weight excluding hydrogens is 160 g/mol. The number of hydrogen-bond donors (Lipinski definition) is 2. The fraction of sp³-hybridized carbons (Fsp3) is 1.00. The van der Waals surface area contributed by atoms with Crippen LogP contribution in [0.1, 0.15) is 39.5 Å². The zero-order chi connectivity index (χ0) is 9.68. The molecule has 1 heterocycles. The first-order valence-corrected chi connectivity index (χ1v) is 5.70. The van der Waals surface area contributed by atoms with E-state index in [2.05, 4.69) is 31.5 Å². The molecule has 3 atom stereocenters. The van der Waals surface area contributed by atoms with Crippen LogP contribution >= 0.6 is 0 Å². The largest absolute Gasteiger partial charge is 0.315 e. The number of nitrogens with one attached hydrogen (secondary N) is 2. The maximum atomic E-state index is 3.65. The quantitative estimate of drug-likeness (QED) is 0.698. The zero-order valence-corrected chi connectivity index (χ0v) is 9.27. The van der Waals surface area contributed by atoms with Crippen LogP contribution in [0.2, 0.25) is 0 Å². The summed E-state index contributed by atoms with van der Waals surface area (Å²) in [5, 5.41) is 7.12. The molecule has 2 nitrogen and oxygen atoms in total. The Morgan fingerprint density at radius 3 is 2.85 bits per heavy atom. The molecule has 1 saturated heterocycles. The predicted octanol–water partition coefficient (Wildman–Crippen LogP) is 1.76. The summed E-state index contributed by atoms with van der Waals surface area (Å²) in [7, 11) is 2.09. The molecule has 0 aromatic carbocycles. The van der Waals surface area contributed by atoms with Gasteiger partial charge in [0.05, 0.1) is 0 Å². The van der Waals surface area contributed by atoms with Crippen molar-refractivity contribution in [2.45, 2.75) is 51.6 Å². The second kappa shape index (κ2) is 5.61. The van der Waals surface area contributed by atoms with E-state index in [1.54, 1.807) is 0 Å². The molecule has 0 radical (unpaired) electrons. The van der Waals surface area contributed by atoms with Crippen molar-refractivity contribution in [3.8, 4) is 0 Å². The Hall–Kier alpha value is -0.0800. The van der Waals surface area contributed by atoms with Crippen LogP contribution in [0.4, 0.5) is 0 Å². The maximum absolute atomic E-state index is 3.65. The highest BCUT2D eigenvalue weighted by Crippen LogP contribution is 2.19. The lowest BCUT2D eigenvalue weighted by Gasteiger charge is -2.29. The van der Waals surface area contributed by atoms with Crippen LogP contribution in [0.25, 0.3) is 0 Å². The first-order valence-electron chi connectivity index (χ1n) is 5.70. The van der Waals surface area contributed by atoms with Crippen molar-refractivity contribution in [2.75, 3.05) is 13.6 Å². The molecule has 2 N–H and O–H groups in total. The van der Waals surface area contributed by atoms with Crippen molar-refractivity contribution in [1.29, 1.82) is 0 Å². The van der Waals surface area contributed by atoms with E-state index < -0.39 is 0 Å². The fourth-order valence-electron chi connectivity index (χ4n) is 2.49. The van der Waals surface area contributed by atoms with Crippen LogP contribution in [-0.2, 0) is 0 Å². The van der Waals surface area contributed by atoms with Crippen molar-refractivity contribution >= 4 is 0 Å². The fourth-order valence-corrected chi connectivity index (χ4v) is 2.49. The maximum Gasteiger partial charge on any atom is 0.0243 e. The van der Waals surface area contributed by atoms with Gasteiger partial charge < -0.3 is 10.6 Å². The highest BCUT2D eigenvalue weighted by atomic mass is 15.0. The van der Waals surface area contributed by atoms with E-state index in [4.69, 9.17) is 0 Å². The number of hydrogen-bond acceptors (Lipinski definition) is 2. The molecule has 1 aliphatic heterocycles. The zero-order valence-electron chi connectivity index (χ0n) is 9.27. The molecule has 0 saturated carbocycles. The Kier molecular flexibility index (Phi) is 4.74. The van der Waals surface area contributed by atoms with Crippen molar-refractivity contribution in [1.82, 2.24) is 10.6 Å². The van der Waals surface area contributed by atoms with Gasteiger partial charge in [0.2, 0.25) is 0 Å². The highest BCUT2D eigenvalue weighted by Gasteiger charge is 2.26. The van der Waals surface area contributed by atoms with Gasteiger partial charge in [0, 0.05) is 12.1 Å². The monoisotopic (exact) mass is 184 g/mol. The third-order valence-electron chi connectivity index (χ3n) is 3.22. The topological polar surface area (TPSA) is 24.1 Å². The Bertz CT molecular complexity index is 136. The Morgan fingerprint density at radius 2 is 2.23 bits per heavy atom. The highest BCUT2D eigenvalue weighted by molar-refractivity contribution is 4.87. The minimum Gasteiger partial charge on any atom is -0.315 e. The summed E-state index contributed by atoms with van der Waals surface area (Å²) in [5.74, 6) is 0.816. The normalized spacial score (nSPS) is 35.8. The first kappa shape index (κ1) is 11.0. The summed E-state index contributed by atoms with van der Waals surface area (Å²) in [6.07, 6.45) is 5.27. The molecule has 13 heavy (non-hydrogen) atoms. The Labute approximate surface area is 82.5 Å². The van der Waals surface area contributed by atoms with E-state index >= 15 is 0 Å². The van der Waals surface area contributed by atoms with Gasteiger partial charge >= 0.3 is 0 Å². The molecule has 3 unspecified atom stereocenters. The van der Waals surface area contributed by atoms with Gasteiger partial charge in [-0.3, -0.25) is 0 Å². The second-order valence-electron chi connectivity index (χ2n) is 4.28. The molecule has 2 heteroatoms. The molecular formula is C11H24N2. The van der Waals surface area contributed by atoms with Gasteiger partial charge in [-0.2, -0.15) is 0 Å². The molecule has 0 amide bonds. The Balaban J connectivity index is 2.54. The average Bonchev–Trinajstić information content (AvgIpc) is 2.28. The molecule has 0 bridgehead atoms. The lowest BCUT2D eigenvalue weighted by Crippen LogP contribution is -2.48. The van der Waals surface area contributed by atoms with E-state index in [-0.39, 0.29) is 0 Å². The predicted molar refractivity (Wildman–Crippen MR) is 57.9 cm³/mol. The summed E-state index contributed by atoms with van der Waals surface area (Å²) in [6, 6.07) is 1.36. The van der Waals surface area contributed by atoms with Crippen LogP contribution in [-0.4, -0.2) is 25.7 Å². The molecule has 0 aromatic heterocycles. The summed E-state index contributed by atoms with van der Waals surface area (Å²) >= 11 is 0. The summed E-state index contributed by atoms with van der Waals surface area (Å²) in [4.78, 5) is 0.